The van der Waals surface area contributed by atoms with Gasteiger partial charge in [0.05, 0.1) is 5.41 Å². The molecule has 0 bridgehead atoms. The maximum atomic E-state index is 11.7. The van der Waals surface area contributed by atoms with Gasteiger partial charge in [-0.05, 0) is 30.9 Å². The Labute approximate surface area is 112 Å². The molecule has 19 heavy (non-hydrogen) atoms. The molecular weight excluding hydrogens is 244 g/mol. The highest BCUT2D eigenvalue weighted by Crippen LogP contribution is 2.49. The highest BCUT2D eigenvalue weighted by molar-refractivity contribution is 5.84. The molecule has 1 aliphatic carbocycles. The zero-order valence-corrected chi connectivity index (χ0v) is 11.1. The van der Waals surface area contributed by atoms with Gasteiger partial charge in [-0.1, -0.05) is 19.4 Å². The molecule has 1 N–H and O–H groups in total. The molecule has 0 spiro atoms. The molecule has 1 fully saturated rings. The van der Waals surface area contributed by atoms with Crippen molar-refractivity contribution in [1.82, 2.24) is 0 Å². The third kappa shape index (κ3) is 1.70. The summed E-state index contributed by atoms with van der Waals surface area (Å²) in [5.41, 5.74) is 1.21. The monoisotopic (exact) mass is 262 g/mol. The van der Waals surface area contributed by atoms with Gasteiger partial charge in [0.25, 0.3) is 0 Å². The summed E-state index contributed by atoms with van der Waals surface area (Å²) >= 11 is 0. The van der Waals surface area contributed by atoms with Gasteiger partial charge in [0.2, 0.25) is 0 Å². The molecule has 3 rings (SSSR count). The lowest BCUT2D eigenvalue weighted by atomic mass is 9.63. The Kier molecular flexibility index (Phi) is 2.88. The first kappa shape index (κ1) is 12.3. The summed E-state index contributed by atoms with van der Waals surface area (Å²) in [5.74, 6) is 0.774. The second kappa shape index (κ2) is 4.44. The summed E-state index contributed by atoms with van der Waals surface area (Å²) < 4.78 is 11.3. The van der Waals surface area contributed by atoms with Gasteiger partial charge in [-0.15, -0.1) is 0 Å². The first-order chi connectivity index (χ1) is 9.19. The van der Waals surface area contributed by atoms with E-state index in [1.807, 2.05) is 19.1 Å². The van der Waals surface area contributed by atoms with Crippen LogP contribution in [0.15, 0.2) is 12.1 Å². The van der Waals surface area contributed by atoms with Crippen molar-refractivity contribution in [3.8, 4) is 11.5 Å². The highest BCUT2D eigenvalue weighted by atomic mass is 16.6. The zero-order valence-electron chi connectivity index (χ0n) is 11.1. The van der Waals surface area contributed by atoms with E-state index in [0.29, 0.717) is 13.2 Å². The van der Waals surface area contributed by atoms with Crippen molar-refractivity contribution in [3.63, 3.8) is 0 Å². The van der Waals surface area contributed by atoms with Crippen LogP contribution in [0.25, 0.3) is 0 Å². The smallest absolute Gasteiger partial charge is 0.314 e. The topological polar surface area (TPSA) is 55.8 Å². The van der Waals surface area contributed by atoms with Crippen LogP contribution in [0, 0.1) is 0 Å². The molecule has 2 aliphatic rings. The number of hydrogen-bond donors (Lipinski definition) is 1. The van der Waals surface area contributed by atoms with Crippen LogP contribution in [0.5, 0.6) is 11.5 Å². The molecule has 0 aromatic heterocycles. The van der Waals surface area contributed by atoms with Gasteiger partial charge in [-0.25, -0.2) is 0 Å². The van der Waals surface area contributed by atoms with Gasteiger partial charge in [-0.2, -0.15) is 0 Å². The largest absolute Gasteiger partial charge is 0.486 e. The van der Waals surface area contributed by atoms with Crippen LogP contribution >= 0.6 is 0 Å². The first-order valence-electron chi connectivity index (χ1n) is 6.84. The Balaban J connectivity index is 2.14. The lowest BCUT2D eigenvalue weighted by Gasteiger charge is -2.40. The molecule has 4 heteroatoms. The van der Waals surface area contributed by atoms with Crippen LogP contribution in [0.2, 0.25) is 0 Å². The van der Waals surface area contributed by atoms with Crippen molar-refractivity contribution in [2.24, 2.45) is 0 Å². The van der Waals surface area contributed by atoms with Gasteiger partial charge in [0.1, 0.15) is 13.2 Å². The Morgan fingerprint density at radius 3 is 2.63 bits per heavy atom. The summed E-state index contributed by atoms with van der Waals surface area (Å²) in [5, 5.41) is 9.59. The van der Waals surface area contributed by atoms with E-state index in [9.17, 15) is 9.90 Å². The second-order valence-corrected chi connectivity index (χ2v) is 5.21. The third-order valence-corrected chi connectivity index (χ3v) is 4.30. The molecule has 0 radical (unpaired) electrons. The molecule has 1 saturated carbocycles. The summed E-state index contributed by atoms with van der Waals surface area (Å²) in [6.45, 7) is 3.12. The van der Waals surface area contributed by atoms with Crippen LogP contribution in [0.4, 0.5) is 0 Å². The molecule has 1 aromatic carbocycles. The molecule has 0 saturated heterocycles. The van der Waals surface area contributed by atoms with Crippen molar-refractivity contribution >= 4 is 5.97 Å². The summed E-state index contributed by atoms with van der Waals surface area (Å²) in [7, 11) is 0. The Morgan fingerprint density at radius 2 is 2.05 bits per heavy atom. The van der Waals surface area contributed by atoms with E-state index in [2.05, 4.69) is 0 Å². The van der Waals surface area contributed by atoms with Crippen LogP contribution in [0.3, 0.4) is 0 Å². The minimum Gasteiger partial charge on any atom is -0.486 e. The minimum atomic E-state index is -0.717. The molecule has 0 atom stereocenters. The lowest BCUT2D eigenvalue weighted by Crippen LogP contribution is -2.43. The Hall–Kier alpha value is -1.71. The maximum Gasteiger partial charge on any atom is 0.314 e. The fourth-order valence-electron chi connectivity index (χ4n) is 3.10. The van der Waals surface area contributed by atoms with Crippen molar-refractivity contribution in [1.29, 1.82) is 0 Å². The zero-order chi connectivity index (χ0) is 13.5. The molecule has 1 heterocycles. The number of fused-ring (bicyclic) bond motifs is 1. The SMILES string of the molecule is CCc1c(C2(C(=O)O)CCC2)ccc2c1OCCO2. The standard InChI is InChI=1S/C15H18O4/c1-2-10-11(15(14(16)17)6-3-7-15)4-5-12-13(10)19-9-8-18-12/h4-5H,2-3,6-9H2,1H3,(H,16,17). The normalized spacial score (nSPS) is 19.6. The molecular formula is C15H18O4. The van der Waals surface area contributed by atoms with Crippen LogP contribution in [-0.2, 0) is 16.6 Å². The van der Waals surface area contributed by atoms with Crippen LogP contribution in [-0.4, -0.2) is 24.3 Å². The fourth-order valence-corrected chi connectivity index (χ4v) is 3.10. The third-order valence-electron chi connectivity index (χ3n) is 4.30. The number of aliphatic carboxylic acids is 1. The second-order valence-electron chi connectivity index (χ2n) is 5.21. The van der Waals surface area contributed by atoms with E-state index in [-0.39, 0.29) is 0 Å². The van der Waals surface area contributed by atoms with E-state index >= 15 is 0 Å². The summed E-state index contributed by atoms with van der Waals surface area (Å²) in [4.78, 5) is 11.7. The van der Waals surface area contributed by atoms with Gasteiger partial charge >= 0.3 is 5.97 Å². The van der Waals surface area contributed by atoms with Crippen LogP contribution in [0.1, 0.15) is 37.3 Å². The quantitative estimate of drug-likeness (QED) is 0.909. The first-order valence-corrected chi connectivity index (χ1v) is 6.84. The number of rotatable bonds is 3. The maximum absolute atomic E-state index is 11.7. The molecule has 0 amide bonds. The van der Waals surface area contributed by atoms with Crippen LogP contribution < -0.4 is 9.47 Å². The predicted molar refractivity (Wildman–Crippen MR) is 70.0 cm³/mol. The number of carboxylic acids is 1. The van der Waals surface area contributed by atoms with E-state index < -0.39 is 11.4 Å². The van der Waals surface area contributed by atoms with E-state index in [4.69, 9.17) is 9.47 Å². The van der Waals surface area contributed by atoms with E-state index in [1.165, 1.54) is 0 Å². The van der Waals surface area contributed by atoms with Crippen molar-refractivity contribution < 1.29 is 19.4 Å². The Morgan fingerprint density at radius 1 is 1.32 bits per heavy atom. The molecule has 102 valence electrons. The highest BCUT2D eigenvalue weighted by Gasteiger charge is 2.47. The van der Waals surface area contributed by atoms with Crippen molar-refractivity contribution in [2.45, 2.75) is 38.0 Å². The summed E-state index contributed by atoms with van der Waals surface area (Å²) in [6, 6.07) is 3.77. The van der Waals surface area contributed by atoms with Crippen molar-refractivity contribution in [3.05, 3.63) is 23.3 Å². The van der Waals surface area contributed by atoms with E-state index in [0.717, 1.165) is 48.3 Å². The van der Waals surface area contributed by atoms with Gasteiger partial charge in [0, 0.05) is 5.56 Å². The molecule has 1 aromatic rings. The number of carboxylic acid groups (broad SMARTS) is 1. The van der Waals surface area contributed by atoms with Crippen molar-refractivity contribution in [2.75, 3.05) is 13.2 Å². The predicted octanol–water partition coefficient (Wildman–Crippen LogP) is 2.53. The minimum absolute atomic E-state index is 0.531. The van der Waals surface area contributed by atoms with E-state index in [1.54, 1.807) is 0 Å². The number of carbonyl (C=O) groups is 1. The molecule has 1 aliphatic heterocycles. The number of hydrogen-bond acceptors (Lipinski definition) is 3. The molecule has 0 unspecified atom stereocenters. The Bertz CT molecular complexity index is 517. The lowest BCUT2D eigenvalue weighted by molar-refractivity contribution is -0.147. The van der Waals surface area contributed by atoms with Gasteiger partial charge < -0.3 is 14.6 Å². The average molecular weight is 262 g/mol. The van der Waals surface area contributed by atoms with Gasteiger partial charge in [0.15, 0.2) is 11.5 Å². The molecule has 4 nitrogen and oxygen atoms in total. The van der Waals surface area contributed by atoms with Gasteiger partial charge in [-0.3, -0.25) is 4.79 Å². The summed E-state index contributed by atoms with van der Waals surface area (Å²) in [6.07, 6.45) is 3.17. The number of ether oxygens (including phenoxy) is 2. The fraction of sp³-hybridized carbons (Fsp3) is 0.533. The number of benzene rings is 1. The average Bonchev–Trinajstić information content (AvgIpc) is 2.36.